The minimum atomic E-state index is -0.884. The number of aliphatic hydroxyl groups excluding tert-OH is 1. The van der Waals surface area contributed by atoms with Gasteiger partial charge in [-0.3, -0.25) is 9.59 Å². The van der Waals surface area contributed by atoms with Crippen LogP contribution in [0.1, 0.15) is 30.4 Å². The predicted octanol–water partition coefficient (Wildman–Crippen LogP) is 1.30. The first-order valence-electron chi connectivity index (χ1n) is 6.81. The first kappa shape index (κ1) is 14.5. The van der Waals surface area contributed by atoms with E-state index < -0.39 is 17.8 Å². The lowest BCUT2D eigenvalue weighted by atomic mass is 9.95. The molecule has 1 fully saturated rings. The highest BCUT2D eigenvalue weighted by molar-refractivity contribution is 5.85. The second-order valence-corrected chi connectivity index (χ2v) is 5.18. The zero-order chi connectivity index (χ0) is 14.5. The van der Waals surface area contributed by atoms with Crippen LogP contribution < -0.4 is 5.32 Å². The predicted molar refractivity (Wildman–Crippen MR) is 72.7 cm³/mol. The summed E-state index contributed by atoms with van der Waals surface area (Å²) in [5.41, 5.74) is 1.69. The number of carboxylic acid groups (broad SMARTS) is 1. The molecular weight excluding hydrogens is 258 g/mol. The lowest BCUT2D eigenvalue weighted by Crippen LogP contribution is -2.34. The number of carbonyl (C=O) groups excluding carboxylic acids is 1. The smallest absolute Gasteiger partial charge is 0.307 e. The van der Waals surface area contributed by atoms with Gasteiger partial charge in [-0.25, -0.2) is 0 Å². The van der Waals surface area contributed by atoms with Gasteiger partial charge < -0.3 is 15.5 Å². The van der Waals surface area contributed by atoms with Crippen molar-refractivity contribution < 1.29 is 19.8 Å². The van der Waals surface area contributed by atoms with Crippen LogP contribution in [0.2, 0.25) is 0 Å². The number of carboxylic acids is 1. The van der Waals surface area contributed by atoms with Crippen molar-refractivity contribution >= 4 is 11.9 Å². The van der Waals surface area contributed by atoms with E-state index in [2.05, 4.69) is 5.32 Å². The molecule has 0 spiro atoms. The van der Waals surface area contributed by atoms with Crippen LogP contribution in [0.4, 0.5) is 0 Å². The Balaban J connectivity index is 1.93. The lowest BCUT2D eigenvalue weighted by molar-refractivity contribution is -0.146. The molecule has 1 amide bonds. The Hall–Kier alpha value is -1.88. The van der Waals surface area contributed by atoms with E-state index >= 15 is 0 Å². The van der Waals surface area contributed by atoms with Crippen molar-refractivity contribution in [2.24, 2.45) is 11.8 Å². The lowest BCUT2D eigenvalue weighted by Gasteiger charge is -2.15. The van der Waals surface area contributed by atoms with Crippen LogP contribution in [0, 0.1) is 11.8 Å². The summed E-state index contributed by atoms with van der Waals surface area (Å²) in [6.07, 6.45) is 2.00. The number of hydrogen-bond acceptors (Lipinski definition) is 3. The van der Waals surface area contributed by atoms with Crippen LogP contribution in [-0.2, 0) is 22.7 Å². The number of aliphatic carboxylic acids is 1. The zero-order valence-electron chi connectivity index (χ0n) is 11.2. The van der Waals surface area contributed by atoms with E-state index in [1.54, 1.807) is 0 Å². The van der Waals surface area contributed by atoms with Crippen LogP contribution in [0.5, 0.6) is 0 Å². The van der Waals surface area contributed by atoms with Gasteiger partial charge in [-0.15, -0.1) is 0 Å². The van der Waals surface area contributed by atoms with Crippen LogP contribution in [0.3, 0.4) is 0 Å². The average Bonchev–Trinajstić information content (AvgIpc) is 2.94. The van der Waals surface area contributed by atoms with Crippen LogP contribution in [-0.4, -0.2) is 22.1 Å². The van der Waals surface area contributed by atoms with Crippen molar-refractivity contribution in [3.63, 3.8) is 0 Å². The van der Waals surface area contributed by atoms with Crippen LogP contribution >= 0.6 is 0 Å². The summed E-state index contributed by atoms with van der Waals surface area (Å²) in [6, 6.07) is 7.32. The first-order chi connectivity index (χ1) is 9.61. The van der Waals surface area contributed by atoms with Crippen LogP contribution in [0.25, 0.3) is 0 Å². The van der Waals surface area contributed by atoms with E-state index in [9.17, 15) is 9.59 Å². The molecule has 3 N–H and O–H groups in total. The molecule has 1 aromatic rings. The van der Waals surface area contributed by atoms with Crippen molar-refractivity contribution in [1.29, 1.82) is 0 Å². The highest BCUT2D eigenvalue weighted by atomic mass is 16.4. The number of rotatable bonds is 5. The molecule has 0 bridgehead atoms. The third-order valence-corrected chi connectivity index (χ3v) is 3.81. The molecule has 2 atom stereocenters. The maximum Gasteiger partial charge on any atom is 0.307 e. The number of hydrogen-bond donors (Lipinski definition) is 3. The molecule has 2 rings (SSSR count). The van der Waals surface area contributed by atoms with Gasteiger partial charge in [-0.2, -0.15) is 0 Å². The SMILES string of the molecule is O=C(O)C1CCCC1C(=O)NCc1cccc(CO)c1. The van der Waals surface area contributed by atoms with Gasteiger partial charge in [0.05, 0.1) is 18.4 Å². The number of nitrogens with one attached hydrogen (secondary N) is 1. The Bertz CT molecular complexity index is 500. The first-order valence-corrected chi connectivity index (χ1v) is 6.81. The van der Waals surface area contributed by atoms with Crippen LogP contribution in [0.15, 0.2) is 24.3 Å². The summed E-state index contributed by atoms with van der Waals surface area (Å²) in [6.45, 7) is 0.320. The molecule has 1 saturated carbocycles. The molecule has 0 radical (unpaired) electrons. The molecule has 1 aliphatic carbocycles. The molecule has 2 unspecified atom stereocenters. The van der Waals surface area contributed by atoms with Crippen molar-refractivity contribution in [2.45, 2.75) is 32.4 Å². The largest absolute Gasteiger partial charge is 0.481 e. The Labute approximate surface area is 117 Å². The van der Waals surface area contributed by atoms with E-state index in [1.807, 2.05) is 24.3 Å². The quantitative estimate of drug-likeness (QED) is 0.757. The summed E-state index contributed by atoms with van der Waals surface area (Å²) in [7, 11) is 0. The normalized spacial score (nSPS) is 21.6. The highest BCUT2D eigenvalue weighted by Crippen LogP contribution is 2.32. The fourth-order valence-corrected chi connectivity index (χ4v) is 2.73. The van der Waals surface area contributed by atoms with Crippen molar-refractivity contribution in [2.75, 3.05) is 0 Å². The van der Waals surface area contributed by atoms with Gasteiger partial charge in [0, 0.05) is 6.54 Å². The summed E-state index contributed by atoms with van der Waals surface area (Å²) >= 11 is 0. The van der Waals surface area contributed by atoms with Crippen molar-refractivity contribution in [1.82, 2.24) is 5.32 Å². The summed E-state index contributed by atoms with van der Waals surface area (Å²) < 4.78 is 0. The summed E-state index contributed by atoms with van der Waals surface area (Å²) in [5.74, 6) is -2.05. The summed E-state index contributed by atoms with van der Waals surface area (Å²) in [5, 5.41) is 20.9. The molecule has 20 heavy (non-hydrogen) atoms. The van der Waals surface area contributed by atoms with Gasteiger partial charge in [0.1, 0.15) is 0 Å². The van der Waals surface area contributed by atoms with E-state index in [4.69, 9.17) is 10.2 Å². The maximum atomic E-state index is 12.1. The molecular formula is C15H19NO4. The number of aliphatic hydroxyl groups is 1. The van der Waals surface area contributed by atoms with Gasteiger partial charge in [0.15, 0.2) is 0 Å². The third-order valence-electron chi connectivity index (χ3n) is 3.81. The van der Waals surface area contributed by atoms with Gasteiger partial charge in [-0.1, -0.05) is 30.7 Å². The maximum absolute atomic E-state index is 12.1. The standard InChI is InChI=1S/C15H19NO4/c17-9-11-4-1-3-10(7-11)8-16-14(18)12-5-2-6-13(12)15(19)20/h1,3-4,7,12-13,17H,2,5-6,8-9H2,(H,16,18)(H,19,20). The molecule has 108 valence electrons. The number of carbonyl (C=O) groups is 2. The fourth-order valence-electron chi connectivity index (χ4n) is 2.73. The van der Waals surface area contributed by atoms with Gasteiger partial charge in [-0.05, 0) is 24.0 Å². The van der Waals surface area contributed by atoms with E-state index in [1.165, 1.54) is 0 Å². The highest BCUT2D eigenvalue weighted by Gasteiger charge is 2.37. The topological polar surface area (TPSA) is 86.6 Å². The van der Waals surface area contributed by atoms with E-state index in [0.717, 1.165) is 17.5 Å². The van der Waals surface area contributed by atoms with Crippen molar-refractivity contribution in [3.8, 4) is 0 Å². The molecule has 0 aromatic heterocycles. The van der Waals surface area contributed by atoms with Gasteiger partial charge >= 0.3 is 5.97 Å². The van der Waals surface area contributed by atoms with Gasteiger partial charge in [0.2, 0.25) is 5.91 Å². The minimum absolute atomic E-state index is 0.0362. The fraction of sp³-hybridized carbons (Fsp3) is 0.467. The molecule has 0 heterocycles. The molecule has 5 nitrogen and oxygen atoms in total. The molecule has 5 heteroatoms. The average molecular weight is 277 g/mol. The Morgan fingerprint density at radius 2 is 1.90 bits per heavy atom. The monoisotopic (exact) mass is 277 g/mol. The second kappa shape index (κ2) is 6.52. The zero-order valence-corrected chi connectivity index (χ0v) is 11.2. The number of benzene rings is 1. The molecule has 0 saturated heterocycles. The molecule has 0 aliphatic heterocycles. The second-order valence-electron chi connectivity index (χ2n) is 5.18. The molecule has 1 aromatic carbocycles. The Kier molecular flexibility index (Phi) is 4.74. The third kappa shape index (κ3) is 3.36. The number of amides is 1. The summed E-state index contributed by atoms with van der Waals surface area (Å²) in [4.78, 5) is 23.1. The minimum Gasteiger partial charge on any atom is -0.481 e. The van der Waals surface area contributed by atoms with Gasteiger partial charge in [0.25, 0.3) is 0 Å². The van der Waals surface area contributed by atoms with E-state index in [-0.39, 0.29) is 12.5 Å². The van der Waals surface area contributed by atoms with E-state index in [0.29, 0.717) is 19.4 Å². The Morgan fingerprint density at radius 1 is 1.20 bits per heavy atom. The van der Waals surface area contributed by atoms with Crippen molar-refractivity contribution in [3.05, 3.63) is 35.4 Å². The molecule has 1 aliphatic rings. The Morgan fingerprint density at radius 3 is 2.60 bits per heavy atom.